The molecular weight excluding hydrogens is 205 g/mol. The van der Waals surface area contributed by atoms with E-state index in [1.807, 2.05) is 0 Å². The van der Waals surface area contributed by atoms with Gasteiger partial charge in [-0.1, -0.05) is 11.6 Å². The molecule has 4 heteroatoms. The fraction of sp³-hybridized carbons (Fsp3) is 0.100. The van der Waals surface area contributed by atoms with Gasteiger partial charge in [-0.3, -0.25) is 0 Å². The van der Waals surface area contributed by atoms with E-state index in [-0.39, 0.29) is 5.75 Å². The van der Waals surface area contributed by atoms with Crippen molar-refractivity contribution in [1.82, 2.24) is 4.98 Å². The first-order chi connectivity index (χ1) is 6.72. The van der Waals surface area contributed by atoms with Crippen LogP contribution in [-0.2, 0) is 0 Å². The third kappa shape index (κ3) is 1.40. The highest BCUT2D eigenvalue weighted by atomic mass is 35.5. The van der Waals surface area contributed by atoms with Crippen LogP contribution in [0.3, 0.4) is 0 Å². The Morgan fingerprint density at radius 1 is 1.29 bits per heavy atom. The molecule has 0 saturated carbocycles. The third-order valence-corrected chi connectivity index (χ3v) is 2.17. The Morgan fingerprint density at radius 2 is 2.07 bits per heavy atom. The molecule has 0 aliphatic carbocycles. The molecule has 0 atom stereocenters. The average molecular weight is 212 g/mol. The molecule has 2 aromatic rings. The van der Waals surface area contributed by atoms with E-state index in [1.54, 1.807) is 18.2 Å². The largest absolute Gasteiger partial charge is 0.494 e. The van der Waals surface area contributed by atoms with Gasteiger partial charge in [0.25, 0.3) is 0 Å². The van der Waals surface area contributed by atoms with Crippen LogP contribution in [0.5, 0.6) is 5.75 Å². The highest BCUT2D eigenvalue weighted by molar-refractivity contribution is 6.29. The van der Waals surface area contributed by atoms with Crippen LogP contribution in [0.4, 0.5) is 4.39 Å². The monoisotopic (exact) mass is 211 g/mol. The second kappa shape index (κ2) is 3.42. The number of nitrogens with zero attached hydrogens (tertiary/aromatic N) is 1. The lowest BCUT2D eigenvalue weighted by atomic mass is 10.2. The molecule has 2 nitrogen and oxygen atoms in total. The lowest BCUT2D eigenvalue weighted by Crippen LogP contribution is -1.90. The van der Waals surface area contributed by atoms with Crippen molar-refractivity contribution in [3.63, 3.8) is 0 Å². The molecule has 0 radical (unpaired) electrons. The number of fused-ring (bicyclic) bond motifs is 1. The van der Waals surface area contributed by atoms with Crippen molar-refractivity contribution < 1.29 is 9.13 Å². The van der Waals surface area contributed by atoms with Crippen molar-refractivity contribution in [2.24, 2.45) is 0 Å². The standard InChI is InChI=1S/C10H7ClFNO/c1-14-8-4-3-7-6(10(8)12)2-5-9(11)13-7/h2-5H,1H3. The van der Waals surface area contributed by atoms with Crippen LogP contribution in [0.2, 0.25) is 5.15 Å². The van der Waals surface area contributed by atoms with E-state index in [0.717, 1.165) is 0 Å². The first-order valence-corrected chi connectivity index (χ1v) is 4.39. The van der Waals surface area contributed by atoms with Gasteiger partial charge in [-0.05, 0) is 24.3 Å². The Morgan fingerprint density at radius 3 is 2.79 bits per heavy atom. The predicted octanol–water partition coefficient (Wildman–Crippen LogP) is 3.04. The van der Waals surface area contributed by atoms with Crippen molar-refractivity contribution >= 4 is 22.5 Å². The number of hydrogen-bond acceptors (Lipinski definition) is 2. The minimum Gasteiger partial charge on any atom is -0.494 e. The summed E-state index contributed by atoms with van der Waals surface area (Å²) in [5.74, 6) is -0.198. The molecule has 2 rings (SSSR count). The van der Waals surface area contributed by atoms with Crippen LogP contribution in [0.15, 0.2) is 24.3 Å². The maximum atomic E-state index is 13.6. The van der Waals surface area contributed by atoms with Crippen LogP contribution >= 0.6 is 11.6 Å². The number of rotatable bonds is 1. The first kappa shape index (κ1) is 9.21. The molecule has 0 saturated heterocycles. The molecule has 1 heterocycles. The predicted molar refractivity (Wildman–Crippen MR) is 53.3 cm³/mol. The smallest absolute Gasteiger partial charge is 0.174 e. The molecule has 72 valence electrons. The van der Waals surface area contributed by atoms with Gasteiger partial charge in [-0.15, -0.1) is 0 Å². The van der Waals surface area contributed by atoms with Gasteiger partial charge in [-0.25, -0.2) is 9.37 Å². The number of hydrogen-bond donors (Lipinski definition) is 0. The Bertz CT molecular complexity index is 487. The molecule has 0 N–H and O–H groups in total. The summed E-state index contributed by atoms with van der Waals surface area (Å²) in [5, 5.41) is 0.760. The highest BCUT2D eigenvalue weighted by Crippen LogP contribution is 2.25. The summed E-state index contributed by atoms with van der Waals surface area (Å²) in [4.78, 5) is 3.98. The van der Waals surface area contributed by atoms with Gasteiger partial charge in [0.1, 0.15) is 5.15 Å². The zero-order valence-electron chi connectivity index (χ0n) is 7.42. The molecule has 0 aliphatic heterocycles. The van der Waals surface area contributed by atoms with Crippen LogP contribution in [0, 0.1) is 5.82 Å². The van der Waals surface area contributed by atoms with E-state index in [1.165, 1.54) is 13.2 Å². The molecular formula is C10H7ClFNO. The maximum absolute atomic E-state index is 13.6. The van der Waals surface area contributed by atoms with Crippen LogP contribution in [0.1, 0.15) is 0 Å². The van der Waals surface area contributed by atoms with Crippen LogP contribution in [0.25, 0.3) is 10.9 Å². The number of halogens is 2. The fourth-order valence-electron chi connectivity index (χ4n) is 1.28. The molecule has 0 fully saturated rings. The summed E-state index contributed by atoms with van der Waals surface area (Å²) in [7, 11) is 1.42. The fourth-order valence-corrected chi connectivity index (χ4v) is 1.43. The van der Waals surface area contributed by atoms with Crippen molar-refractivity contribution in [3.05, 3.63) is 35.2 Å². The van der Waals surface area contributed by atoms with Gasteiger partial charge in [0.05, 0.1) is 12.6 Å². The van der Waals surface area contributed by atoms with E-state index in [2.05, 4.69) is 4.98 Å². The van der Waals surface area contributed by atoms with Crippen molar-refractivity contribution in [1.29, 1.82) is 0 Å². The lowest BCUT2D eigenvalue weighted by molar-refractivity contribution is 0.389. The van der Waals surface area contributed by atoms with Gasteiger partial charge >= 0.3 is 0 Å². The Labute approximate surface area is 85.3 Å². The number of ether oxygens (including phenoxy) is 1. The number of pyridine rings is 1. The molecule has 0 amide bonds. The molecule has 0 aliphatic rings. The van der Waals surface area contributed by atoms with Crippen LogP contribution < -0.4 is 4.74 Å². The average Bonchev–Trinajstić information content (AvgIpc) is 2.18. The number of aromatic nitrogens is 1. The quantitative estimate of drug-likeness (QED) is 0.677. The van der Waals surface area contributed by atoms with Gasteiger partial charge in [0, 0.05) is 5.39 Å². The first-order valence-electron chi connectivity index (χ1n) is 4.01. The molecule has 1 aromatic carbocycles. The summed E-state index contributed by atoms with van der Waals surface area (Å²) >= 11 is 5.68. The number of benzene rings is 1. The second-order valence-corrected chi connectivity index (χ2v) is 3.17. The summed E-state index contributed by atoms with van der Waals surface area (Å²) in [5.41, 5.74) is 0.524. The van der Waals surface area contributed by atoms with Gasteiger partial charge in [0.15, 0.2) is 11.6 Å². The molecule has 14 heavy (non-hydrogen) atoms. The zero-order chi connectivity index (χ0) is 10.1. The van der Waals surface area contributed by atoms with Crippen molar-refractivity contribution in [3.8, 4) is 5.75 Å². The van der Waals surface area contributed by atoms with Gasteiger partial charge in [0.2, 0.25) is 0 Å². The molecule has 1 aromatic heterocycles. The van der Waals surface area contributed by atoms with E-state index in [4.69, 9.17) is 16.3 Å². The topological polar surface area (TPSA) is 22.1 Å². The third-order valence-electron chi connectivity index (χ3n) is 1.96. The van der Waals surface area contributed by atoms with Crippen molar-refractivity contribution in [2.75, 3.05) is 7.11 Å². The van der Waals surface area contributed by atoms with Gasteiger partial charge in [-0.2, -0.15) is 0 Å². The number of methoxy groups -OCH3 is 1. The summed E-state index contributed by atoms with van der Waals surface area (Å²) in [6.07, 6.45) is 0. The maximum Gasteiger partial charge on any atom is 0.174 e. The Balaban J connectivity index is 2.77. The van der Waals surface area contributed by atoms with Gasteiger partial charge < -0.3 is 4.74 Å². The highest BCUT2D eigenvalue weighted by Gasteiger charge is 2.08. The molecule has 0 bridgehead atoms. The summed E-state index contributed by atoms with van der Waals surface area (Å²) < 4.78 is 18.4. The molecule has 0 unspecified atom stereocenters. The normalized spacial score (nSPS) is 10.5. The zero-order valence-corrected chi connectivity index (χ0v) is 8.18. The minimum absolute atomic E-state index is 0.210. The van der Waals surface area contributed by atoms with Crippen LogP contribution in [-0.4, -0.2) is 12.1 Å². The summed E-state index contributed by atoms with van der Waals surface area (Å²) in [6, 6.07) is 6.33. The summed E-state index contributed by atoms with van der Waals surface area (Å²) in [6.45, 7) is 0. The second-order valence-electron chi connectivity index (χ2n) is 2.78. The lowest BCUT2D eigenvalue weighted by Gasteiger charge is -2.04. The Hall–Kier alpha value is -1.35. The van der Waals surface area contributed by atoms with Crippen molar-refractivity contribution in [2.45, 2.75) is 0 Å². The van der Waals surface area contributed by atoms with E-state index in [0.29, 0.717) is 16.1 Å². The minimum atomic E-state index is -0.408. The van der Waals surface area contributed by atoms with E-state index in [9.17, 15) is 4.39 Å². The van der Waals surface area contributed by atoms with E-state index < -0.39 is 5.82 Å². The molecule has 0 spiro atoms. The van der Waals surface area contributed by atoms with E-state index >= 15 is 0 Å². The Kier molecular flexibility index (Phi) is 2.25. The SMILES string of the molecule is COc1ccc2nc(Cl)ccc2c1F.